The number of carboxylic acids is 1. The van der Waals surface area contributed by atoms with E-state index < -0.39 is 11.4 Å². The summed E-state index contributed by atoms with van der Waals surface area (Å²) in [7, 11) is 1.73. The second-order valence-electron chi connectivity index (χ2n) is 6.23. The molecule has 2 saturated carbocycles. The second-order valence-corrected chi connectivity index (χ2v) is 6.23. The van der Waals surface area contributed by atoms with E-state index in [0.717, 1.165) is 25.7 Å². The van der Waals surface area contributed by atoms with E-state index in [2.05, 4.69) is 0 Å². The maximum Gasteiger partial charge on any atom is 0.310 e. The molecule has 2 aliphatic carbocycles. The molecule has 0 aromatic rings. The summed E-state index contributed by atoms with van der Waals surface area (Å²) in [6.07, 6.45) is 4.44. The number of amides is 1. The monoisotopic (exact) mass is 269 g/mol. The Morgan fingerprint density at radius 1 is 1.26 bits per heavy atom. The predicted octanol–water partition coefficient (Wildman–Crippen LogP) is 1.25. The molecule has 2 rings (SSSR count). The Kier molecular flexibility index (Phi) is 4.13. The fourth-order valence-electron chi connectivity index (χ4n) is 3.28. The van der Waals surface area contributed by atoms with Crippen molar-refractivity contribution in [2.24, 2.45) is 11.3 Å². The highest BCUT2D eigenvalue weighted by atomic mass is 16.4. The van der Waals surface area contributed by atoms with Crippen molar-refractivity contribution in [2.45, 2.75) is 51.0 Å². The molecular weight excluding hydrogens is 246 g/mol. The van der Waals surface area contributed by atoms with Crippen LogP contribution < -0.4 is 0 Å². The molecule has 0 aromatic carbocycles. The quantitative estimate of drug-likeness (QED) is 0.787. The van der Waals surface area contributed by atoms with Gasteiger partial charge < -0.3 is 15.1 Å². The van der Waals surface area contributed by atoms with Gasteiger partial charge in [-0.2, -0.15) is 0 Å². The van der Waals surface area contributed by atoms with Crippen molar-refractivity contribution in [2.75, 3.05) is 13.6 Å². The molecule has 0 aromatic heterocycles. The number of carbonyl (C=O) groups excluding carboxylic acids is 1. The van der Waals surface area contributed by atoms with Crippen LogP contribution in [-0.4, -0.2) is 46.7 Å². The minimum absolute atomic E-state index is 0.0781. The van der Waals surface area contributed by atoms with Crippen LogP contribution >= 0.6 is 0 Å². The molecule has 0 spiro atoms. The van der Waals surface area contributed by atoms with Crippen molar-refractivity contribution in [1.82, 2.24) is 4.90 Å². The van der Waals surface area contributed by atoms with E-state index in [0.29, 0.717) is 25.3 Å². The highest BCUT2D eigenvalue weighted by Gasteiger charge is 2.43. The van der Waals surface area contributed by atoms with Crippen LogP contribution in [0.5, 0.6) is 0 Å². The number of hydrogen-bond donors (Lipinski definition) is 2. The lowest BCUT2D eigenvalue weighted by Crippen LogP contribution is -2.42. The number of carbonyl (C=O) groups is 2. The Balaban J connectivity index is 1.86. The van der Waals surface area contributed by atoms with Gasteiger partial charge in [0, 0.05) is 20.0 Å². The number of nitrogens with zero attached hydrogens (tertiary/aromatic N) is 1. The number of carboxylic acid groups (broad SMARTS) is 1. The average molecular weight is 269 g/mol. The maximum absolute atomic E-state index is 12.2. The summed E-state index contributed by atoms with van der Waals surface area (Å²) in [4.78, 5) is 25.2. The topological polar surface area (TPSA) is 77.8 Å². The average Bonchev–Trinajstić information content (AvgIpc) is 2.76. The molecule has 19 heavy (non-hydrogen) atoms. The van der Waals surface area contributed by atoms with Crippen LogP contribution in [0.25, 0.3) is 0 Å². The van der Waals surface area contributed by atoms with Gasteiger partial charge in [0.15, 0.2) is 0 Å². The largest absolute Gasteiger partial charge is 0.481 e. The van der Waals surface area contributed by atoms with Gasteiger partial charge in [-0.3, -0.25) is 9.59 Å². The fraction of sp³-hybridized carbons (Fsp3) is 0.857. The van der Waals surface area contributed by atoms with E-state index in [1.54, 1.807) is 11.9 Å². The first-order chi connectivity index (χ1) is 8.93. The highest BCUT2D eigenvalue weighted by Crippen LogP contribution is 2.41. The molecule has 1 amide bonds. The van der Waals surface area contributed by atoms with Gasteiger partial charge in [0.25, 0.3) is 0 Å². The normalized spacial score (nSPS) is 28.7. The highest BCUT2D eigenvalue weighted by molar-refractivity contribution is 5.85. The lowest BCUT2D eigenvalue weighted by atomic mass is 9.81. The van der Waals surface area contributed by atoms with E-state index in [1.807, 2.05) is 0 Å². The number of aliphatic carboxylic acids is 1. The van der Waals surface area contributed by atoms with Gasteiger partial charge in [0.1, 0.15) is 0 Å². The second kappa shape index (κ2) is 5.49. The molecule has 2 N–H and O–H groups in total. The van der Waals surface area contributed by atoms with Crippen molar-refractivity contribution >= 4 is 11.9 Å². The van der Waals surface area contributed by atoms with Crippen molar-refractivity contribution < 1.29 is 19.8 Å². The molecular formula is C14H23NO4. The minimum Gasteiger partial charge on any atom is -0.481 e. The molecule has 0 bridgehead atoms. The summed E-state index contributed by atoms with van der Waals surface area (Å²) in [5.74, 6) is -0.537. The summed E-state index contributed by atoms with van der Waals surface area (Å²) in [5, 5.41) is 18.6. The van der Waals surface area contributed by atoms with Crippen LogP contribution in [0.4, 0.5) is 0 Å². The van der Waals surface area contributed by atoms with Gasteiger partial charge in [0.2, 0.25) is 5.91 Å². The maximum atomic E-state index is 12.2. The fourth-order valence-corrected chi connectivity index (χ4v) is 3.28. The molecule has 2 aliphatic rings. The van der Waals surface area contributed by atoms with Crippen molar-refractivity contribution in [3.63, 3.8) is 0 Å². The first-order valence-electron chi connectivity index (χ1n) is 7.08. The van der Waals surface area contributed by atoms with E-state index >= 15 is 0 Å². The van der Waals surface area contributed by atoms with Crippen LogP contribution in [0, 0.1) is 11.3 Å². The van der Waals surface area contributed by atoms with Gasteiger partial charge >= 0.3 is 5.97 Å². The van der Waals surface area contributed by atoms with E-state index in [9.17, 15) is 19.8 Å². The van der Waals surface area contributed by atoms with Crippen LogP contribution in [-0.2, 0) is 9.59 Å². The van der Waals surface area contributed by atoms with Crippen molar-refractivity contribution in [3.05, 3.63) is 0 Å². The molecule has 5 heteroatoms. The smallest absolute Gasteiger partial charge is 0.310 e. The summed E-state index contributed by atoms with van der Waals surface area (Å²) in [6.45, 7) is 0.631. The number of hydrogen-bond acceptors (Lipinski definition) is 3. The molecule has 2 fully saturated rings. The third kappa shape index (κ3) is 3.08. The lowest BCUT2D eigenvalue weighted by Gasteiger charge is -2.35. The SMILES string of the molecule is CN(CC1CC(O)C1)C(=O)CC1(C(=O)O)CCCC1. The standard InChI is InChI=1S/C14H23NO4/c1-15(9-10-6-11(16)7-10)12(17)8-14(13(18)19)4-2-3-5-14/h10-11,16H,2-9H2,1H3,(H,18,19). The number of rotatable bonds is 5. The summed E-state index contributed by atoms with van der Waals surface area (Å²) in [6, 6.07) is 0. The van der Waals surface area contributed by atoms with Crippen LogP contribution in [0.3, 0.4) is 0 Å². The van der Waals surface area contributed by atoms with Crippen LogP contribution in [0.1, 0.15) is 44.9 Å². The number of aliphatic hydroxyl groups excluding tert-OH is 1. The molecule has 0 saturated heterocycles. The zero-order valence-corrected chi connectivity index (χ0v) is 11.5. The van der Waals surface area contributed by atoms with Crippen LogP contribution in [0.2, 0.25) is 0 Å². The van der Waals surface area contributed by atoms with Crippen LogP contribution in [0.15, 0.2) is 0 Å². The first kappa shape index (κ1) is 14.3. The van der Waals surface area contributed by atoms with Crippen molar-refractivity contribution in [3.8, 4) is 0 Å². The van der Waals surface area contributed by atoms with Gasteiger partial charge in [-0.15, -0.1) is 0 Å². The van der Waals surface area contributed by atoms with Gasteiger partial charge in [-0.25, -0.2) is 0 Å². The van der Waals surface area contributed by atoms with Gasteiger partial charge in [-0.05, 0) is 31.6 Å². The lowest BCUT2D eigenvalue weighted by molar-refractivity contribution is -0.153. The van der Waals surface area contributed by atoms with Gasteiger partial charge in [0.05, 0.1) is 11.5 Å². The zero-order chi connectivity index (χ0) is 14.0. The summed E-state index contributed by atoms with van der Waals surface area (Å²) < 4.78 is 0. The van der Waals surface area contributed by atoms with E-state index in [1.165, 1.54) is 0 Å². The molecule has 5 nitrogen and oxygen atoms in total. The summed E-state index contributed by atoms with van der Waals surface area (Å²) in [5.41, 5.74) is -0.829. The molecule has 0 unspecified atom stereocenters. The summed E-state index contributed by atoms with van der Waals surface area (Å²) >= 11 is 0. The van der Waals surface area contributed by atoms with E-state index in [-0.39, 0.29) is 18.4 Å². The minimum atomic E-state index is -0.829. The molecule has 0 aliphatic heterocycles. The molecule has 0 radical (unpaired) electrons. The van der Waals surface area contributed by atoms with E-state index in [4.69, 9.17) is 0 Å². The molecule has 0 heterocycles. The third-order valence-electron chi connectivity index (χ3n) is 4.67. The van der Waals surface area contributed by atoms with Gasteiger partial charge in [-0.1, -0.05) is 12.8 Å². The predicted molar refractivity (Wildman–Crippen MR) is 69.5 cm³/mol. The van der Waals surface area contributed by atoms with Crippen molar-refractivity contribution in [1.29, 1.82) is 0 Å². The number of aliphatic hydroxyl groups is 1. The Hall–Kier alpha value is -1.10. The molecule has 0 atom stereocenters. The Morgan fingerprint density at radius 2 is 1.84 bits per heavy atom. The zero-order valence-electron chi connectivity index (χ0n) is 11.5. The Morgan fingerprint density at radius 3 is 2.32 bits per heavy atom. The first-order valence-corrected chi connectivity index (χ1v) is 7.08. The Bertz CT molecular complexity index is 356. The third-order valence-corrected chi connectivity index (χ3v) is 4.67. The Labute approximate surface area is 113 Å². The molecule has 108 valence electrons.